The zero-order chi connectivity index (χ0) is 20.5. The molecule has 1 aliphatic rings. The molecule has 1 atom stereocenters. The number of nitrogens with zero attached hydrogens (tertiary/aromatic N) is 1. The molecule has 7 nitrogen and oxygen atoms in total. The number of aliphatic hydroxyl groups excluding tert-OH is 1. The summed E-state index contributed by atoms with van der Waals surface area (Å²) in [6.07, 6.45) is 0.238. The highest BCUT2D eigenvalue weighted by Gasteiger charge is 2.21. The molecular weight excluding hydrogens is 382 g/mol. The Kier molecular flexibility index (Phi) is 5.71. The molecule has 1 aliphatic heterocycles. The molecule has 0 fully saturated rings. The Morgan fingerprint density at radius 3 is 2.50 bits per heavy atom. The van der Waals surface area contributed by atoms with Crippen molar-refractivity contribution in [3.05, 3.63) is 47.5 Å². The van der Waals surface area contributed by atoms with Gasteiger partial charge in [-0.2, -0.15) is 0 Å². The van der Waals surface area contributed by atoms with Crippen molar-refractivity contribution < 1.29 is 28.1 Å². The van der Waals surface area contributed by atoms with Crippen LogP contribution in [0.25, 0.3) is 0 Å². The van der Waals surface area contributed by atoms with Crippen LogP contribution in [0.3, 0.4) is 0 Å². The smallest absolute Gasteiger partial charge is 0.231 e. The summed E-state index contributed by atoms with van der Waals surface area (Å²) < 4.78 is 33.9. The summed E-state index contributed by atoms with van der Waals surface area (Å²) in [6, 6.07) is 10.3. The molecule has 0 saturated heterocycles. The topological polar surface area (TPSA) is 96.3 Å². The molecule has 8 heteroatoms. The maximum atomic E-state index is 11.6. The summed E-state index contributed by atoms with van der Waals surface area (Å²) in [5, 5.41) is 20.7. The minimum absolute atomic E-state index is 0.0992. The maximum Gasteiger partial charge on any atom is 0.231 e. The van der Waals surface area contributed by atoms with Crippen LogP contribution in [0.15, 0.2) is 36.4 Å². The van der Waals surface area contributed by atoms with Crippen LogP contribution in [0.5, 0.6) is 17.2 Å². The van der Waals surface area contributed by atoms with Crippen LogP contribution in [0, 0.1) is 0 Å². The van der Waals surface area contributed by atoms with Crippen LogP contribution < -0.4 is 14.4 Å². The van der Waals surface area contributed by atoms with Gasteiger partial charge in [-0.15, -0.1) is 0 Å². The van der Waals surface area contributed by atoms with Crippen LogP contribution >= 0.6 is 0 Å². The molecule has 2 aromatic rings. The van der Waals surface area contributed by atoms with Gasteiger partial charge in [0.1, 0.15) is 5.75 Å². The molecule has 3 rings (SSSR count). The van der Waals surface area contributed by atoms with Gasteiger partial charge in [0.05, 0.1) is 11.9 Å². The van der Waals surface area contributed by atoms with E-state index in [-0.39, 0.29) is 29.9 Å². The third-order valence-electron chi connectivity index (χ3n) is 4.59. The number of aromatic hydroxyl groups is 1. The van der Waals surface area contributed by atoms with E-state index in [1.807, 2.05) is 36.9 Å². The van der Waals surface area contributed by atoms with Gasteiger partial charge in [0.25, 0.3) is 0 Å². The summed E-state index contributed by atoms with van der Waals surface area (Å²) in [4.78, 5) is 2.02. The number of sulfone groups is 1. The average molecular weight is 407 g/mol. The van der Waals surface area contributed by atoms with Gasteiger partial charge in [0, 0.05) is 36.2 Å². The SMILES string of the molecule is CC(C)N(CC(O)c1ccc(O)c(CS(C)(=O)=O)c1)c1ccc2c(c1)OCO2. The molecule has 0 bridgehead atoms. The minimum atomic E-state index is -3.31. The van der Waals surface area contributed by atoms with E-state index in [1.165, 1.54) is 6.07 Å². The zero-order valence-electron chi connectivity index (χ0n) is 16.1. The maximum absolute atomic E-state index is 11.6. The van der Waals surface area contributed by atoms with Crippen LogP contribution in [0.1, 0.15) is 31.1 Å². The first-order chi connectivity index (χ1) is 13.1. The molecule has 0 aromatic heterocycles. The Balaban J connectivity index is 1.83. The molecule has 1 unspecified atom stereocenters. The van der Waals surface area contributed by atoms with Crippen molar-refractivity contribution in [1.29, 1.82) is 0 Å². The lowest BCUT2D eigenvalue weighted by atomic mass is 10.0. The first-order valence-corrected chi connectivity index (χ1v) is 11.0. The highest BCUT2D eigenvalue weighted by molar-refractivity contribution is 7.89. The third kappa shape index (κ3) is 4.69. The van der Waals surface area contributed by atoms with Gasteiger partial charge in [0.15, 0.2) is 21.3 Å². The van der Waals surface area contributed by atoms with Gasteiger partial charge in [-0.25, -0.2) is 8.42 Å². The molecule has 2 N–H and O–H groups in total. The molecule has 1 heterocycles. The van der Waals surface area contributed by atoms with Gasteiger partial charge in [-0.3, -0.25) is 0 Å². The van der Waals surface area contributed by atoms with Gasteiger partial charge in [0.2, 0.25) is 6.79 Å². The summed E-state index contributed by atoms with van der Waals surface area (Å²) >= 11 is 0. The van der Waals surface area contributed by atoms with E-state index >= 15 is 0 Å². The van der Waals surface area contributed by atoms with Crippen LogP contribution in [-0.2, 0) is 15.6 Å². The molecular formula is C20H25NO6S. The molecule has 0 radical (unpaired) electrons. The van der Waals surface area contributed by atoms with E-state index < -0.39 is 15.9 Å². The normalized spacial score (nSPS) is 14.3. The number of fused-ring (bicyclic) bond motifs is 1. The second kappa shape index (κ2) is 7.89. The largest absolute Gasteiger partial charge is 0.508 e. The third-order valence-corrected chi connectivity index (χ3v) is 5.42. The van der Waals surface area contributed by atoms with Crippen molar-refractivity contribution >= 4 is 15.5 Å². The van der Waals surface area contributed by atoms with Gasteiger partial charge in [-0.05, 0) is 43.7 Å². The standard InChI is InChI=1S/C20H25NO6S/c1-13(2)21(16-5-7-19-20(9-16)27-12-26-19)10-18(23)14-4-6-17(22)15(8-14)11-28(3,24)25/h4-9,13,18,22-23H,10-12H2,1-3H3. The van der Waals surface area contributed by atoms with E-state index in [2.05, 4.69) is 0 Å². The fraction of sp³-hybridized carbons (Fsp3) is 0.400. The number of hydrogen-bond acceptors (Lipinski definition) is 7. The van der Waals surface area contributed by atoms with E-state index in [0.29, 0.717) is 23.6 Å². The summed E-state index contributed by atoms with van der Waals surface area (Å²) in [5.74, 6) is 0.975. The van der Waals surface area contributed by atoms with Crippen molar-refractivity contribution in [2.24, 2.45) is 0 Å². The fourth-order valence-electron chi connectivity index (χ4n) is 3.18. The van der Waals surface area contributed by atoms with Crippen molar-refractivity contribution in [3.63, 3.8) is 0 Å². The Labute approximate surface area is 165 Å². The van der Waals surface area contributed by atoms with Crippen molar-refractivity contribution in [1.82, 2.24) is 0 Å². The van der Waals surface area contributed by atoms with Crippen LogP contribution in [0.4, 0.5) is 5.69 Å². The lowest BCUT2D eigenvalue weighted by Gasteiger charge is -2.31. The number of ether oxygens (including phenoxy) is 2. The monoisotopic (exact) mass is 407 g/mol. The number of anilines is 1. The van der Waals surface area contributed by atoms with Gasteiger partial charge in [-0.1, -0.05) is 6.07 Å². The second-order valence-corrected chi connectivity index (χ2v) is 9.40. The lowest BCUT2D eigenvalue weighted by molar-refractivity contribution is 0.173. The van der Waals surface area contributed by atoms with Crippen LogP contribution in [0.2, 0.25) is 0 Å². The van der Waals surface area contributed by atoms with Gasteiger partial charge < -0.3 is 24.6 Å². The molecule has 152 valence electrons. The number of benzene rings is 2. The Morgan fingerprint density at radius 2 is 1.82 bits per heavy atom. The zero-order valence-corrected chi connectivity index (χ0v) is 16.9. The Bertz CT molecular complexity index is 957. The van der Waals surface area contributed by atoms with E-state index in [4.69, 9.17) is 9.47 Å². The predicted molar refractivity (Wildman–Crippen MR) is 107 cm³/mol. The van der Waals surface area contributed by atoms with E-state index in [9.17, 15) is 18.6 Å². The fourth-order valence-corrected chi connectivity index (χ4v) is 3.98. The van der Waals surface area contributed by atoms with Crippen molar-refractivity contribution in [3.8, 4) is 17.2 Å². The number of rotatable bonds is 7. The molecule has 2 aromatic carbocycles. The first-order valence-electron chi connectivity index (χ1n) is 8.98. The number of hydrogen-bond donors (Lipinski definition) is 2. The average Bonchev–Trinajstić information content (AvgIpc) is 3.07. The van der Waals surface area contributed by atoms with Crippen LogP contribution in [-0.4, -0.2) is 44.3 Å². The summed E-state index contributed by atoms with van der Waals surface area (Å²) in [5.41, 5.74) is 1.70. The molecule has 0 amide bonds. The highest BCUT2D eigenvalue weighted by atomic mass is 32.2. The number of aliphatic hydroxyl groups is 1. The quantitative estimate of drug-likeness (QED) is 0.728. The minimum Gasteiger partial charge on any atom is -0.508 e. The lowest BCUT2D eigenvalue weighted by Crippen LogP contribution is -2.34. The second-order valence-electron chi connectivity index (χ2n) is 7.26. The summed E-state index contributed by atoms with van der Waals surface area (Å²) in [6.45, 7) is 4.52. The summed E-state index contributed by atoms with van der Waals surface area (Å²) in [7, 11) is -3.31. The molecule has 0 spiro atoms. The Hall–Kier alpha value is -2.45. The van der Waals surface area contributed by atoms with E-state index in [0.717, 1.165) is 11.9 Å². The number of phenolic OH excluding ortho intramolecular Hbond substituents is 1. The number of phenols is 1. The van der Waals surface area contributed by atoms with Gasteiger partial charge >= 0.3 is 0 Å². The van der Waals surface area contributed by atoms with Crippen molar-refractivity contribution in [2.75, 3.05) is 24.5 Å². The molecule has 28 heavy (non-hydrogen) atoms. The highest BCUT2D eigenvalue weighted by Crippen LogP contribution is 2.36. The predicted octanol–water partition coefficient (Wildman–Crippen LogP) is 2.61. The first kappa shape index (κ1) is 20.3. The van der Waals surface area contributed by atoms with E-state index in [1.54, 1.807) is 12.1 Å². The molecule has 0 saturated carbocycles. The molecule has 0 aliphatic carbocycles. The van der Waals surface area contributed by atoms with Crippen molar-refractivity contribution in [2.45, 2.75) is 31.7 Å². The Morgan fingerprint density at radius 1 is 1.11 bits per heavy atom.